The number of aromatic nitrogens is 1. The fourth-order valence-corrected chi connectivity index (χ4v) is 2.54. The van der Waals surface area contributed by atoms with Crippen molar-refractivity contribution in [1.29, 1.82) is 0 Å². The van der Waals surface area contributed by atoms with Crippen molar-refractivity contribution in [3.05, 3.63) is 53.3 Å². The number of nitrogens with zero attached hydrogens (tertiary/aromatic N) is 1. The fourth-order valence-electron chi connectivity index (χ4n) is 1.33. The molecule has 0 spiro atoms. The van der Waals surface area contributed by atoms with E-state index in [0.29, 0.717) is 6.54 Å². The number of hydrogen-bond donors (Lipinski definition) is 1. The van der Waals surface area contributed by atoms with Gasteiger partial charge in [-0.2, -0.15) is 0 Å². The highest BCUT2D eigenvalue weighted by Crippen LogP contribution is 2.31. The van der Waals surface area contributed by atoms with Gasteiger partial charge in [-0.05, 0) is 29.8 Å². The standard InChI is InChI=1S/C12H11ClN2S/c13-10-2-1-9(8-14)12(7-10)16-11-3-5-15-6-4-11/h1-7H,8,14H2. The predicted octanol–water partition coefficient (Wildman–Crippen LogP) is 3.34. The van der Waals surface area contributed by atoms with Crippen molar-refractivity contribution in [3.63, 3.8) is 0 Å². The minimum Gasteiger partial charge on any atom is -0.326 e. The molecule has 4 heteroatoms. The summed E-state index contributed by atoms with van der Waals surface area (Å²) in [6.07, 6.45) is 3.55. The molecule has 0 amide bonds. The van der Waals surface area contributed by atoms with Gasteiger partial charge in [-0.25, -0.2) is 0 Å². The molecular formula is C12H11ClN2S. The van der Waals surface area contributed by atoms with E-state index in [1.807, 2.05) is 30.3 Å². The normalized spacial score (nSPS) is 10.4. The van der Waals surface area contributed by atoms with Crippen LogP contribution in [0.25, 0.3) is 0 Å². The van der Waals surface area contributed by atoms with Crippen LogP contribution in [0.15, 0.2) is 52.5 Å². The van der Waals surface area contributed by atoms with Crippen molar-refractivity contribution < 1.29 is 0 Å². The Hall–Kier alpha value is -1.03. The molecule has 1 heterocycles. The SMILES string of the molecule is NCc1ccc(Cl)cc1Sc1ccncc1. The minimum absolute atomic E-state index is 0.518. The first-order chi connectivity index (χ1) is 7.79. The van der Waals surface area contributed by atoms with Gasteiger partial charge in [0.1, 0.15) is 0 Å². The molecule has 1 aromatic carbocycles. The zero-order valence-corrected chi connectivity index (χ0v) is 10.1. The van der Waals surface area contributed by atoms with E-state index in [2.05, 4.69) is 4.98 Å². The second kappa shape index (κ2) is 5.34. The van der Waals surface area contributed by atoms with Gasteiger partial charge >= 0.3 is 0 Å². The van der Waals surface area contributed by atoms with Crippen molar-refractivity contribution in [2.45, 2.75) is 16.3 Å². The zero-order valence-electron chi connectivity index (χ0n) is 8.56. The predicted molar refractivity (Wildman–Crippen MR) is 67.7 cm³/mol. The third kappa shape index (κ3) is 2.76. The van der Waals surface area contributed by atoms with Crippen molar-refractivity contribution in [2.75, 3.05) is 0 Å². The largest absolute Gasteiger partial charge is 0.326 e. The number of benzene rings is 1. The Balaban J connectivity index is 2.30. The molecule has 82 valence electrons. The maximum Gasteiger partial charge on any atom is 0.0417 e. The summed E-state index contributed by atoms with van der Waals surface area (Å²) in [4.78, 5) is 6.21. The summed E-state index contributed by atoms with van der Waals surface area (Å²) in [5.41, 5.74) is 6.79. The Labute approximate surface area is 104 Å². The van der Waals surface area contributed by atoms with E-state index in [0.717, 1.165) is 20.4 Å². The molecule has 0 bridgehead atoms. The van der Waals surface area contributed by atoms with Crippen molar-refractivity contribution >= 4 is 23.4 Å². The molecule has 0 saturated heterocycles. The first kappa shape index (κ1) is 11.5. The Morgan fingerprint density at radius 2 is 1.94 bits per heavy atom. The summed E-state index contributed by atoms with van der Waals surface area (Å²) >= 11 is 7.62. The van der Waals surface area contributed by atoms with Crippen LogP contribution in [0.2, 0.25) is 5.02 Å². The van der Waals surface area contributed by atoms with Crippen LogP contribution >= 0.6 is 23.4 Å². The molecule has 0 aliphatic carbocycles. The first-order valence-corrected chi connectivity index (χ1v) is 6.05. The van der Waals surface area contributed by atoms with Crippen LogP contribution in [0, 0.1) is 0 Å². The van der Waals surface area contributed by atoms with Crippen molar-refractivity contribution in [3.8, 4) is 0 Å². The first-order valence-electron chi connectivity index (χ1n) is 4.86. The van der Waals surface area contributed by atoms with E-state index in [1.165, 1.54) is 0 Å². The van der Waals surface area contributed by atoms with Gasteiger partial charge < -0.3 is 5.73 Å². The Morgan fingerprint density at radius 3 is 2.62 bits per heavy atom. The number of nitrogens with two attached hydrogens (primary N) is 1. The smallest absolute Gasteiger partial charge is 0.0417 e. The van der Waals surface area contributed by atoms with Gasteiger partial charge in [-0.15, -0.1) is 0 Å². The van der Waals surface area contributed by atoms with E-state index < -0.39 is 0 Å². The maximum atomic E-state index is 5.97. The van der Waals surface area contributed by atoms with Crippen molar-refractivity contribution in [2.24, 2.45) is 5.73 Å². The molecule has 0 unspecified atom stereocenters. The zero-order chi connectivity index (χ0) is 11.4. The highest BCUT2D eigenvalue weighted by atomic mass is 35.5. The number of pyridine rings is 1. The third-order valence-corrected chi connectivity index (χ3v) is 3.47. The minimum atomic E-state index is 0.518. The Morgan fingerprint density at radius 1 is 1.19 bits per heavy atom. The van der Waals surface area contributed by atoms with Gasteiger partial charge in [0.05, 0.1) is 0 Å². The third-order valence-electron chi connectivity index (χ3n) is 2.13. The summed E-state index contributed by atoms with van der Waals surface area (Å²) in [7, 11) is 0. The van der Waals surface area contributed by atoms with E-state index >= 15 is 0 Å². The molecule has 2 aromatic rings. The van der Waals surface area contributed by atoms with Crippen molar-refractivity contribution in [1.82, 2.24) is 4.98 Å². The second-order valence-corrected chi connectivity index (χ2v) is 4.79. The lowest BCUT2D eigenvalue weighted by Gasteiger charge is -2.07. The van der Waals surface area contributed by atoms with Crippen LogP contribution in [-0.4, -0.2) is 4.98 Å². The molecule has 2 rings (SSSR count). The monoisotopic (exact) mass is 250 g/mol. The molecule has 16 heavy (non-hydrogen) atoms. The molecule has 2 nitrogen and oxygen atoms in total. The Bertz CT molecular complexity index is 474. The average molecular weight is 251 g/mol. The summed E-state index contributed by atoms with van der Waals surface area (Å²) < 4.78 is 0. The quantitative estimate of drug-likeness (QED) is 0.908. The molecule has 0 atom stereocenters. The Kier molecular flexibility index (Phi) is 3.83. The fraction of sp³-hybridized carbons (Fsp3) is 0.0833. The number of halogens is 1. The lowest BCUT2D eigenvalue weighted by atomic mass is 10.2. The van der Waals surface area contributed by atoms with Crippen LogP contribution in [-0.2, 0) is 6.54 Å². The van der Waals surface area contributed by atoms with Crippen LogP contribution < -0.4 is 5.73 Å². The summed E-state index contributed by atoms with van der Waals surface area (Å²) in [6.45, 7) is 0.518. The summed E-state index contributed by atoms with van der Waals surface area (Å²) in [5.74, 6) is 0. The van der Waals surface area contributed by atoms with Gasteiger partial charge in [0.2, 0.25) is 0 Å². The van der Waals surface area contributed by atoms with Gasteiger partial charge in [0, 0.05) is 33.8 Å². The molecule has 0 radical (unpaired) electrons. The van der Waals surface area contributed by atoms with Crippen LogP contribution in [0.1, 0.15) is 5.56 Å². The summed E-state index contributed by atoms with van der Waals surface area (Å²) in [6, 6.07) is 9.69. The lowest BCUT2D eigenvalue weighted by Crippen LogP contribution is -1.97. The molecule has 0 fully saturated rings. The number of hydrogen-bond acceptors (Lipinski definition) is 3. The van der Waals surface area contributed by atoms with Gasteiger partial charge in [0.25, 0.3) is 0 Å². The molecule has 0 aliphatic rings. The molecule has 0 aliphatic heterocycles. The highest BCUT2D eigenvalue weighted by molar-refractivity contribution is 7.99. The van der Waals surface area contributed by atoms with E-state index in [4.69, 9.17) is 17.3 Å². The van der Waals surface area contributed by atoms with E-state index in [1.54, 1.807) is 24.2 Å². The van der Waals surface area contributed by atoms with Crippen LogP contribution in [0.4, 0.5) is 0 Å². The molecule has 0 saturated carbocycles. The molecular weight excluding hydrogens is 240 g/mol. The maximum absolute atomic E-state index is 5.97. The van der Waals surface area contributed by atoms with Crippen LogP contribution in [0.5, 0.6) is 0 Å². The molecule has 1 aromatic heterocycles. The highest BCUT2D eigenvalue weighted by Gasteiger charge is 2.04. The van der Waals surface area contributed by atoms with E-state index in [-0.39, 0.29) is 0 Å². The average Bonchev–Trinajstić information content (AvgIpc) is 2.31. The van der Waals surface area contributed by atoms with Gasteiger partial charge in [0.15, 0.2) is 0 Å². The number of rotatable bonds is 3. The van der Waals surface area contributed by atoms with E-state index in [9.17, 15) is 0 Å². The van der Waals surface area contributed by atoms with Crippen LogP contribution in [0.3, 0.4) is 0 Å². The van der Waals surface area contributed by atoms with Gasteiger partial charge in [-0.3, -0.25) is 4.98 Å². The van der Waals surface area contributed by atoms with Gasteiger partial charge in [-0.1, -0.05) is 29.4 Å². The summed E-state index contributed by atoms with van der Waals surface area (Å²) in [5, 5.41) is 0.730. The second-order valence-electron chi connectivity index (χ2n) is 3.24. The molecule has 2 N–H and O–H groups in total. The lowest BCUT2D eigenvalue weighted by molar-refractivity contribution is 1.03. The topological polar surface area (TPSA) is 38.9 Å².